The minimum Gasteiger partial charge on any atom is -0.497 e. The van der Waals surface area contributed by atoms with Gasteiger partial charge < -0.3 is 14.8 Å². The van der Waals surface area contributed by atoms with Crippen molar-refractivity contribution in [1.29, 1.82) is 0 Å². The summed E-state index contributed by atoms with van der Waals surface area (Å²) in [5, 5.41) is 5.09. The van der Waals surface area contributed by atoms with Crippen molar-refractivity contribution in [2.45, 2.75) is 19.4 Å². The molecular weight excluding hydrogens is 370 g/mol. The predicted molar refractivity (Wildman–Crippen MR) is 98.5 cm³/mol. The standard InChI is InChI=1S/C18H19N3O5S/c1-11(17(23)21-8-7-19-18(21)24)26-15(22)9-13-10-27-16(20-13)12-3-5-14(25-2)6-4-12/h3-6,10-11H,7-9H2,1-2H3,(H,19,24)/t11-/m0/s1. The maximum absolute atomic E-state index is 12.1. The largest absolute Gasteiger partial charge is 0.497 e. The number of carbonyl (C=O) groups excluding carboxylic acids is 3. The van der Waals surface area contributed by atoms with Gasteiger partial charge in [0.15, 0.2) is 6.10 Å². The number of thiazole rings is 1. The fourth-order valence-corrected chi connectivity index (χ4v) is 3.42. The van der Waals surface area contributed by atoms with E-state index >= 15 is 0 Å². The maximum atomic E-state index is 12.1. The van der Waals surface area contributed by atoms with Crippen LogP contribution in [0.25, 0.3) is 10.6 Å². The Bertz CT molecular complexity index is 849. The third-order valence-electron chi connectivity index (χ3n) is 3.99. The number of benzene rings is 1. The third-order valence-corrected chi connectivity index (χ3v) is 4.93. The van der Waals surface area contributed by atoms with E-state index in [2.05, 4.69) is 10.3 Å². The molecule has 1 aliphatic rings. The first-order valence-electron chi connectivity index (χ1n) is 8.35. The molecule has 1 N–H and O–H groups in total. The quantitative estimate of drug-likeness (QED) is 0.757. The minimum absolute atomic E-state index is 0.0452. The van der Waals surface area contributed by atoms with Crippen molar-refractivity contribution in [2.24, 2.45) is 0 Å². The van der Waals surface area contributed by atoms with Crippen LogP contribution in [0.15, 0.2) is 29.6 Å². The fraction of sp³-hybridized carbons (Fsp3) is 0.333. The van der Waals surface area contributed by atoms with Crippen LogP contribution in [0.4, 0.5) is 4.79 Å². The Kier molecular flexibility index (Phi) is 5.70. The van der Waals surface area contributed by atoms with E-state index in [4.69, 9.17) is 9.47 Å². The molecule has 2 heterocycles. The van der Waals surface area contributed by atoms with Gasteiger partial charge in [-0.1, -0.05) is 0 Å². The van der Waals surface area contributed by atoms with Crippen LogP contribution in [0, 0.1) is 0 Å². The zero-order chi connectivity index (χ0) is 19.4. The summed E-state index contributed by atoms with van der Waals surface area (Å²) in [6.45, 7) is 2.13. The lowest BCUT2D eigenvalue weighted by molar-refractivity contribution is -0.156. The second-order valence-electron chi connectivity index (χ2n) is 5.90. The Morgan fingerprint density at radius 3 is 2.70 bits per heavy atom. The maximum Gasteiger partial charge on any atom is 0.324 e. The number of rotatable bonds is 6. The summed E-state index contributed by atoms with van der Waals surface area (Å²) in [5.74, 6) is -0.345. The Morgan fingerprint density at radius 1 is 1.33 bits per heavy atom. The molecule has 1 aromatic heterocycles. The van der Waals surface area contributed by atoms with Crippen LogP contribution >= 0.6 is 11.3 Å². The monoisotopic (exact) mass is 389 g/mol. The number of ether oxygens (including phenoxy) is 2. The molecule has 9 heteroatoms. The molecule has 0 bridgehead atoms. The van der Waals surface area contributed by atoms with Gasteiger partial charge in [-0.05, 0) is 31.2 Å². The number of esters is 1. The zero-order valence-corrected chi connectivity index (χ0v) is 15.7. The summed E-state index contributed by atoms with van der Waals surface area (Å²) in [5.41, 5.74) is 1.48. The molecule has 1 aliphatic heterocycles. The molecule has 1 atom stereocenters. The van der Waals surface area contributed by atoms with E-state index in [1.165, 1.54) is 18.3 Å². The SMILES string of the molecule is COc1ccc(-c2nc(CC(=O)O[C@@H](C)C(=O)N3CCNC3=O)cs2)cc1. The van der Waals surface area contributed by atoms with Crippen LogP contribution in [0.2, 0.25) is 0 Å². The highest BCUT2D eigenvalue weighted by Gasteiger charge is 2.31. The van der Waals surface area contributed by atoms with Crippen molar-refractivity contribution >= 4 is 29.2 Å². The van der Waals surface area contributed by atoms with Crippen LogP contribution in [0.5, 0.6) is 5.75 Å². The van der Waals surface area contributed by atoms with Crippen LogP contribution in [0.3, 0.4) is 0 Å². The lowest BCUT2D eigenvalue weighted by atomic mass is 10.2. The van der Waals surface area contributed by atoms with Gasteiger partial charge in [-0.25, -0.2) is 9.78 Å². The number of hydrogen-bond donors (Lipinski definition) is 1. The minimum atomic E-state index is -1.03. The summed E-state index contributed by atoms with van der Waals surface area (Å²) in [6, 6.07) is 6.99. The van der Waals surface area contributed by atoms with Crippen molar-refractivity contribution in [3.05, 3.63) is 35.3 Å². The second-order valence-corrected chi connectivity index (χ2v) is 6.76. The van der Waals surface area contributed by atoms with E-state index in [-0.39, 0.29) is 13.0 Å². The average molecular weight is 389 g/mol. The molecule has 2 aromatic rings. The molecule has 3 amide bonds. The predicted octanol–water partition coefficient (Wildman–Crippen LogP) is 1.84. The molecule has 0 unspecified atom stereocenters. The molecule has 0 aliphatic carbocycles. The highest BCUT2D eigenvalue weighted by Crippen LogP contribution is 2.26. The molecule has 1 aromatic carbocycles. The number of nitrogens with one attached hydrogen (secondary N) is 1. The normalized spacial score (nSPS) is 14.6. The number of hydrogen-bond acceptors (Lipinski definition) is 7. The molecule has 3 rings (SSSR count). The topological polar surface area (TPSA) is 97.8 Å². The Labute approximate surface area is 160 Å². The number of nitrogens with zero attached hydrogens (tertiary/aromatic N) is 2. The van der Waals surface area contributed by atoms with Crippen LogP contribution in [-0.4, -0.2) is 54.1 Å². The summed E-state index contributed by atoms with van der Waals surface area (Å²) < 4.78 is 10.3. The fourth-order valence-electron chi connectivity index (χ4n) is 2.59. The molecule has 0 spiro atoms. The van der Waals surface area contributed by atoms with Crippen molar-refractivity contribution in [1.82, 2.24) is 15.2 Å². The van der Waals surface area contributed by atoms with E-state index in [0.717, 1.165) is 21.2 Å². The van der Waals surface area contributed by atoms with Crippen molar-refractivity contribution in [2.75, 3.05) is 20.2 Å². The number of aromatic nitrogens is 1. The van der Waals surface area contributed by atoms with Crippen molar-refractivity contribution < 1.29 is 23.9 Å². The number of amides is 3. The molecule has 1 saturated heterocycles. The lowest BCUT2D eigenvalue weighted by Crippen LogP contribution is -2.42. The molecule has 1 fully saturated rings. The Balaban J connectivity index is 1.57. The van der Waals surface area contributed by atoms with Gasteiger partial charge in [0, 0.05) is 24.0 Å². The number of imide groups is 1. The van der Waals surface area contributed by atoms with Gasteiger partial charge in [0.1, 0.15) is 10.8 Å². The number of urea groups is 1. The second kappa shape index (κ2) is 8.17. The van der Waals surface area contributed by atoms with Gasteiger partial charge in [-0.3, -0.25) is 14.5 Å². The highest BCUT2D eigenvalue weighted by atomic mass is 32.1. The number of carbonyl (C=O) groups is 3. The Hall–Kier alpha value is -2.94. The van der Waals surface area contributed by atoms with Crippen LogP contribution in [0.1, 0.15) is 12.6 Å². The van der Waals surface area contributed by atoms with Crippen molar-refractivity contribution in [3.63, 3.8) is 0 Å². The first-order valence-corrected chi connectivity index (χ1v) is 9.23. The zero-order valence-electron chi connectivity index (χ0n) is 14.9. The molecule has 0 radical (unpaired) electrons. The van der Waals surface area contributed by atoms with Gasteiger partial charge in [0.25, 0.3) is 5.91 Å². The highest BCUT2D eigenvalue weighted by molar-refractivity contribution is 7.13. The first-order chi connectivity index (χ1) is 13.0. The van der Waals surface area contributed by atoms with Gasteiger partial charge >= 0.3 is 12.0 Å². The molecule has 8 nitrogen and oxygen atoms in total. The van der Waals surface area contributed by atoms with E-state index in [0.29, 0.717) is 12.2 Å². The average Bonchev–Trinajstić information content (AvgIpc) is 3.30. The third kappa shape index (κ3) is 4.43. The van der Waals surface area contributed by atoms with Crippen LogP contribution in [-0.2, 0) is 20.7 Å². The van der Waals surface area contributed by atoms with Crippen LogP contribution < -0.4 is 10.1 Å². The number of methoxy groups -OCH3 is 1. The van der Waals surface area contributed by atoms with Gasteiger partial charge in [0.05, 0.1) is 19.2 Å². The summed E-state index contributed by atoms with van der Waals surface area (Å²) >= 11 is 1.42. The van der Waals surface area contributed by atoms with Crippen molar-refractivity contribution in [3.8, 4) is 16.3 Å². The van der Waals surface area contributed by atoms with E-state index in [9.17, 15) is 14.4 Å². The van der Waals surface area contributed by atoms with Gasteiger partial charge in [-0.15, -0.1) is 11.3 Å². The van der Waals surface area contributed by atoms with Gasteiger partial charge in [-0.2, -0.15) is 0 Å². The van der Waals surface area contributed by atoms with E-state index in [1.807, 2.05) is 24.3 Å². The van der Waals surface area contributed by atoms with Gasteiger partial charge in [0.2, 0.25) is 0 Å². The first kappa shape index (κ1) is 18.8. The molecule has 142 valence electrons. The summed E-state index contributed by atoms with van der Waals surface area (Å²) in [7, 11) is 1.60. The smallest absolute Gasteiger partial charge is 0.324 e. The summed E-state index contributed by atoms with van der Waals surface area (Å²) in [6.07, 6.45) is -1.07. The molecule has 27 heavy (non-hydrogen) atoms. The summed E-state index contributed by atoms with van der Waals surface area (Å²) in [4.78, 5) is 41.2. The Morgan fingerprint density at radius 2 is 2.07 bits per heavy atom. The molecule has 0 saturated carbocycles. The van der Waals surface area contributed by atoms with E-state index in [1.54, 1.807) is 12.5 Å². The van der Waals surface area contributed by atoms with E-state index < -0.39 is 24.0 Å². The lowest BCUT2D eigenvalue weighted by Gasteiger charge is -2.17. The molecular formula is C18H19N3O5S.